The van der Waals surface area contributed by atoms with E-state index in [1.807, 2.05) is 4.90 Å². The van der Waals surface area contributed by atoms with Crippen molar-refractivity contribution >= 4 is 17.5 Å². The van der Waals surface area contributed by atoms with E-state index in [0.717, 1.165) is 12.8 Å². The summed E-state index contributed by atoms with van der Waals surface area (Å²) in [6.45, 7) is 4.12. The summed E-state index contributed by atoms with van der Waals surface area (Å²) in [4.78, 5) is 18.3. The van der Waals surface area contributed by atoms with Gasteiger partial charge >= 0.3 is 0 Å². The maximum Gasteiger partial charge on any atom is 0.291 e. The second-order valence-corrected chi connectivity index (χ2v) is 4.80. The summed E-state index contributed by atoms with van der Waals surface area (Å²) in [5.41, 5.74) is 0.659. The fourth-order valence-electron chi connectivity index (χ4n) is 2.10. The van der Waals surface area contributed by atoms with E-state index in [1.165, 1.54) is 6.42 Å². The van der Waals surface area contributed by atoms with Crippen molar-refractivity contribution < 1.29 is 9.21 Å². The standard InChI is InChI=1S/C12H17ClN2O2/c1-8-11(17-9(2)14-8)12(16)15(7-6-13)10-4-3-5-10/h10H,3-7H2,1-2H3. The van der Waals surface area contributed by atoms with E-state index in [9.17, 15) is 4.79 Å². The number of hydrogen-bond donors (Lipinski definition) is 0. The van der Waals surface area contributed by atoms with E-state index in [4.69, 9.17) is 16.0 Å². The number of nitrogens with zero attached hydrogens (tertiary/aromatic N) is 2. The molecule has 1 aliphatic rings. The second kappa shape index (κ2) is 5.08. The van der Waals surface area contributed by atoms with Crippen LogP contribution in [0.1, 0.15) is 41.4 Å². The van der Waals surface area contributed by atoms with Crippen molar-refractivity contribution in [3.63, 3.8) is 0 Å². The van der Waals surface area contributed by atoms with Crippen LogP contribution in [-0.4, -0.2) is 34.3 Å². The van der Waals surface area contributed by atoms with Crippen LogP contribution < -0.4 is 0 Å². The molecule has 0 aliphatic heterocycles. The maximum atomic E-state index is 12.3. The number of oxazole rings is 1. The lowest BCUT2D eigenvalue weighted by molar-refractivity contribution is 0.0563. The molecule has 1 heterocycles. The number of hydrogen-bond acceptors (Lipinski definition) is 3. The van der Waals surface area contributed by atoms with Gasteiger partial charge in [0.2, 0.25) is 5.76 Å². The van der Waals surface area contributed by atoms with Gasteiger partial charge in [0.15, 0.2) is 5.89 Å². The van der Waals surface area contributed by atoms with Gasteiger partial charge in [-0.05, 0) is 26.2 Å². The molecule has 0 saturated heterocycles. The van der Waals surface area contributed by atoms with Crippen LogP contribution in [0.25, 0.3) is 0 Å². The normalized spacial score (nSPS) is 15.7. The summed E-state index contributed by atoms with van der Waals surface area (Å²) < 4.78 is 5.38. The first-order valence-electron chi connectivity index (χ1n) is 5.94. The van der Waals surface area contributed by atoms with Crippen LogP contribution in [0, 0.1) is 13.8 Å². The van der Waals surface area contributed by atoms with Gasteiger partial charge in [0.05, 0.1) is 5.69 Å². The third-order valence-corrected chi connectivity index (χ3v) is 3.37. The Hall–Kier alpha value is -1.03. The first-order chi connectivity index (χ1) is 8.13. The SMILES string of the molecule is Cc1nc(C)c(C(=O)N(CCCl)C2CCC2)o1. The highest BCUT2D eigenvalue weighted by Crippen LogP contribution is 2.26. The van der Waals surface area contributed by atoms with Crippen molar-refractivity contribution in [2.45, 2.75) is 39.2 Å². The van der Waals surface area contributed by atoms with E-state index >= 15 is 0 Å². The smallest absolute Gasteiger partial charge is 0.291 e. The van der Waals surface area contributed by atoms with E-state index in [0.29, 0.717) is 35.8 Å². The number of aryl methyl sites for hydroxylation is 2. The van der Waals surface area contributed by atoms with Crippen molar-refractivity contribution in [3.8, 4) is 0 Å². The Balaban J connectivity index is 2.17. The molecule has 0 unspecified atom stereocenters. The molecule has 0 spiro atoms. The van der Waals surface area contributed by atoms with Crippen LogP contribution in [0.5, 0.6) is 0 Å². The highest BCUT2D eigenvalue weighted by molar-refractivity contribution is 6.18. The number of amides is 1. The van der Waals surface area contributed by atoms with Crippen LogP contribution >= 0.6 is 11.6 Å². The number of aromatic nitrogens is 1. The molecule has 0 N–H and O–H groups in total. The lowest BCUT2D eigenvalue weighted by Gasteiger charge is -2.36. The Bertz CT molecular complexity index is 413. The van der Waals surface area contributed by atoms with Crippen LogP contribution in [-0.2, 0) is 0 Å². The van der Waals surface area contributed by atoms with Gasteiger partial charge in [-0.3, -0.25) is 4.79 Å². The van der Waals surface area contributed by atoms with E-state index < -0.39 is 0 Å². The maximum absolute atomic E-state index is 12.3. The molecule has 5 heteroatoms. The highest BCUT2D eigenvalue weighted by Gasteiger charge is 2.31. The van der Waals surface area contributed by atoms with Gasteiger partial charge in [-0.2, -0.15) is 0 Å². The first-order valence-corrected chi connectivity index (χ1v) is 6.48. The van der Waals surface area contributed by atoms with Crippen molar-refractivity contribution in [1.29, 1.82) is 0 Å². The van der Waals surface area contributed by atoms with Crippen molar-refractivity contribution in [2.24, 2.45) is 0 Å². The van der Waals surface area contributed by atoms with Gasteiger partial charge in [0, 0.05) is 25.4 Å². The zero-order chi connectivity index (χ0) is 12.4. The minimum atomic E-state index is -0.0755. The van der Waals surface area contributed by atoms with Crippen LogP contribution in [0.15, 0.2) is 4.42 Å². The number of halogens is 1. The Morgan fingerprint density at radius 1 is 1.53 bits per heavy atom. The van der Waals surface area contributed by atoms with E-state index in [1.54, 1.807) is 13.8 Å². The molecule has 94 valence electrons. The number of carbonyl (C=O) groups excluding carboxylic acids is 1. The summed E-state index contributed by atoms with van der Waals surface area (Å²) >= 11 is 5.76. The van der Waals surface area contributed by atoms with Gasteiger partial charge in [-0.25, -0.2) is 4.98 Å². The summed E-state index contributed by atoms with van der Waals surface area (Å²) in [5.74, 6) is 1.27. The number of alkyl halides is 1. The molecule has 1 aromatic heterocycles. The van der Waals surface area contributed by atoms with Gasteiger partial charge < -0.3 is 9.32 Å². The molecule has 1 fully saturated rings. The topological polar surface area (TPSA) is 46.3 Å². The highest BCUT2D eigenvalue weighted by atomic mass is 35.5. The summed E-state index contributed by atoms with van der Waals surface area (Å²) in [6.07, 6.45) is 3.31. The molecule has 0 bridgehead atoms. The summed E-state index contributed by atoms with van der Waals surface area (Å²) in [6, 6.07) is 0.325. The minimum Gasteiger partial charge on any atom is -0.436 e. The molecule has 0 aromatic carbocycles. The molecule has 1 aliphatic carbocycles. The van der Waals surface area contributed by atoms with Gasteiger partial charge in [-0.15, -0.1) is 11.6 Å². The van der Waals surface area contributed by atoms with Crippen molar-refractivity contribution in [2.75, 3.05) is 12.4 Å². The zero-order valence-corrected chi connectivity index (χ0v) is 11.0. The van der Waals surface area contributed by atoms with Crippen molar-refractivity contribution in [3.05, 3.63) is 17.3 Å². The van der Waals surface area contributed by atoms with Gasteiger partial charge in [-0.1, -0.05) is 0 Å². The molecule has 0 atom stereocenters. The molecule has 1 amide bonds. The molecule has 2 rings (SSSR count). The molecule has 0 radical (unpaired) electrons. The average molecular weight is 257 g/mol. The Labute approximate surface area is 106 Å². The first kappa shape index (κ1) is 12.4. The monoisotopic (exact) mass is 256 g/mol. The quantitative estimate of drug-likeness (QED) is 0.778. The summed E-state index contributed by atoms with van der Waals surface area (Å²) in [5, 5.41) is 0. The van der Waals surface area contributed by atoms with Crippen LogP contribution in [0.2, 0.25) is 0 Å². The van der Waals surface area contributed by atoms with E-state index in [2.05, 4.69) is 4.98 Å². The van der Waals surface area contributed by atoms with Crippen LogP contribution in [0.3, 0.4) is 0 Å². The Kier molecular flexibility index (Phi) is 3.72. The number of carbonyl (C=O) groups is 1. The van der Waals surface area contributed by atoms with Crippen molar-refractivity contribution in [1.82, 2.24) is 9.88 Å². The lowest BCUT2D eigenvalue weighted by Crippen LogP contribution is -2.45. The van der Waals surface area contributed by atoms with E-state index in [-0.39, 0.29) is 5.91 Å². The fourth-order valence-corrected chi connectivity index (χ4v) is 2.28. The van der Waals surface area contributed by atoms with Gasteiger partial charge in [0.25, 0.3) is 5.91 Å². The average Bonchev–Trinajstić information content (AvgIpc) is 2.53. The fraction of sp³-hybridized carbons (Fsp3) is 0.667. The molecule has 1 saturated carbocycles. The Morgan fingerprint density at radius 2 is 2.24 bits per heavy atom. The Morgan fingerprint density at radius 3 is 2.65 bits per heavy atom. The third-order valence-electron chi connectivity index (χ3n) is 3.20. The number of rotatable bonds is 4. The lowest BCUT2D eigenvalue weighted by atomic mass is 9.91. The predicted molar refractivity (Wildman–Crippen MR) is 65.4 cm³/mol. The minimum absolute atomic E-state index is 0.0755. The second-order valence-electron chi connectivity index (χ2n) is 4.42. The molecule has 4 nitrogen and oxygen atoms in total. The third kappa shape index (κ3) is 2.46. The molecular formula is C12H17ClN2O2. The molecule has 1 aromatic rings. The molecular weight excluding hydrogens is 240 g/mol. The summed E-state index contributed by atoms with van der Waals surface area (Å²) in [7, 11) is 0. The predicted octanol–water partition coefficient (Wildman–Crippen LogP) is 2.52. The largest absolute Gasteiger partial charge is 0.436 e. The zero-order valence-electron chi connectivity index (χ0n) is 10.2. The van der Waals surface area contributed by atoms with Crippen LogP contribution in [0.4, 0.5) is 0 Å². The van der Waals surface area contributed by atoms with Gasteiger partial charge in [0.1, 0.15) is 0 Å². The molecule has 17 heavy (non-hydrogen) atoms.